The maximum Gasteiger partial charge on any atom is 0.106 e. The number of hydrogen-bond acceptors (Lipinski definition) is 3. The van der Waals surface area contributed by atoms with E-state index in [1.165, 1.54) is 70.0 Å². The third kappa shape index (κ3) is 4.76. The number of nitrogens with zero attached hydrogens (tertiary/aromatic N) is 2. The molecule has 0 radical (unpaired) electrons. The van der Waals surface area contributed by atoms with Gasteiger partial charge in [-0.2, -0.15) is 0 Å². The summed E-state index contributed by atoms with van der Waals surface area (Å²) in [5, 5.41) is 4.30. The molecule has 0 aromatic rings. The monoisotopic (exact) mass is 280 g/mol. The molecule has 1 saturated heterocycles. The summed E-state index contributed by atoms with van der Waals surface area (Å²) in [5.74, 6) is 0.862. The van der Waals surface area contributed by atoms with Crippen LogP contribution >= 0.6 is 0 Å². The van der Waals surface area contributed by atoms with Crippen molar-refractivity contribution >= 4 is 5.71 Å². The normalized spacial score (nSPS) is 30.3. The molecule has 0 aromatic heterocycles. The van der Waals surface area contributed by atoms with Gasteiger partial charge >= 0.3 is 0 Å². The highest BCUT2D eigenvalue weighted by Crippen LogP contribution is 2.30. The molecular weight excluding hydrogens is 248 g/mol. The largest absolute Gasteiger partial charge is 0.399 e. The van der Waals surface area contributed by atoms with Crippen LogP contribution < -0.4 is 0 Å². The maximum atomic E-state index is 5.06. The first-order chi connectivity index (χ1) is 9.81. The highest BCUT2D eigenvalue weighted by atomic mass is 16.6. The highest BCUT2D eigenvalue weighted by molar-refractivity contribution is 5.84. The Hall–Kier alpha value is -0.570. The van der Waals surface area contributed by atoms with Gasteiger partial charge in [-0.1, -0.05) is 37.3 Å². The van der Waals surface area contributed by atoms with E-state index in [-0.39, 0.29) is 0 Å². The van der Waals surface area contributed by atoms with Crippen LogP contribution in [-0.2, 0) is 4.84 Å². The zero-order valence-electron chi connectivity index (χ0n) is 13.4. The van der Waals surface area contributed by atoms with Crippen LogP contribution in [0.15, 0.2) is 5.16 Å². The molecule has 20 heavy (non-hydrogen) atoms. The molecule has 1 aliphatic carbocycles. The molecule has 2 fully saturated rings. The molecule has 2 aliphatic rings. The third-order valence-corrected chi connectivity index (χ3v) is 5.15. The molecule has 116 valence electrons. The van der Waals surface area contributed by atoms with Gasteiger partial charge in [-0.25, -0.2) is 0 Å². The first-order valence-electron chi connectivity index (χ1n) is 8.60. The Morgan fingerprint density at radius 2 is 1.70 bits per heavy atom. The highest BCUT2D eigenvalue weighted by Gasteiger charge is 2.28. The van der Waals surface area contributed by atoms with E-state index < -0.39 is 0 Å². The van der Waals surface area contributed by atoms with Gasteiger partial charge in [-0.05, 0) is 51.6 Å². The van der Waals surface area contributed by atoms with E-state index in [0.29, 0.717) is 6.04 Å². The van der Waals surface area contributed by atoms with Gasteiger partial charge in [-0.15, -0.1) is 0 Å². The zero-order valence-corrected chi connectivity index (χ0v) is 13.4. The Bertz CT molecular complexity index is 295. The predicted molar refractivity (Wildman–Crippen MR) is 85.1 cm³/mol. The standard InChI is InChI=1S/C17H32N2O/c1-19-13-9-8-12-16(18-20-2)14-17(19)15-10-6-4-3-5-7-11-15/h15,17H,3-14H2,1-2H3. The van der Waals surface area contributed by atoms with E-state index in [0.717, 1.165) is 18.8 Å². The van der Waals surface area contributed by atoms with Crippen molar-refractivity contribution in [3.63, 3.8) is 0 Å². The van der Waals surface area contributed by atoms with Crippen molar-refractivity contribution in [3.8, 4) is 0 Å². The van der Waals surface area contributed by atoms with Crippen LogP contribution in [0.3, 0.4) is 0 Å². The molecule has 3 heteroatoms. The Labute approximate surface area is 124 Å². The van der Waals surface area contributed by atoms with Crippen LogP contribution in [0.25, 0.3) is 0 Å². The molecule has 1 saturated carbocycles. The lowest BCUT2D eigenvalue weighted by molar-refractivity contribution is 0.147. The lowest BCUT2D eigenvalue weighted by atomic mass is 9.82. The summed E-state index contributed by atoms with van der Waals surface area (Å²) in [7, 11) is 4.00. The van der Waals surface area contributed by atoms with Crippen LogP contribution in [0.1, 0.15) is 70.6 Å². The molecule has 1 unspecified atom stereocenters. The Morgan fingerprint density at radius 1 is 1.00 bits per heavy atom. The van der Waals surface area contributed by atoms with Gasteiger partial charge in [0.2, 0.25) is 0 Å². The maximum absolute atomic E-state index is 5.06. The minimum Gasteiger partial charge on any atom is -0.399 e. The third-order valence-electron chi connectivity index (χ3n) is 5.15. The molecule has 0 spiro atoms. The van der Waals surface area contributed by atoms with Crippen molar-refractivity contribution in [1.29, 1.82) is 0 Å². The summed E-state index contributed by atoms with van der Waals surface area (Å²) >= 11 is 0. The minimum absolute atomic E-state index is 0.683. The summed E-state index contributed by atoms with van der Waals surface area (Å²) in [6.45, 7) is 1.25. The van der Waals surface area contributed by atoms with Crippen LogP contribution in [0.4, 0.5) is 0 Å². The van der Waals surface area contributed by atoms with E-state index in [1.54, 1.807) is 7.11 Å². The fourth-order valence-corrected chi connectivity index (χ4v) is 3.97. The summed E-state index contributed by atoms with van der Waals surface area (Å²) in [4.78, 5) is 7.67. The van der Waals surface area contributed by atoms with E-state index in [1.807, 2.05) is 0 Å². The first kappa shape index (κ1) is 15.8. The summed E-state index contributed by atoms with van der Waals surface area (Å²) in [6.07, 6.45) is 14.8. The van der Waals surface area contributed by atoms with Crippen molar-refractivity contribution in [2.24, 2.45) is 11.1 Å². The van der Waals surface area contributed by atoms with Gasteiger partial charge in [0.1, 0.15) is 7.11 Å². The van der Waals surface area contributed by atoms with Gasteiger partial charge in [0.15, 0.2) is 0 Å². The molecule has 0 N–H and O–H groups in total. The topological polar surface area (TPSA) is 24.8 Å². The quantitative estimate of drug-likeness (QED) is 0.707. The van der Waals surface area contributed by atoms with Crippen molar-refractivity contribution in [1.82, 2.24) is 4.90 Å². The minimum atomic E-state index is 0.683. The van der Waals surface area contributed by atoms with Gasteiger partial charge < -0.3 is 9.74 Å². The van der Waals surface area contributed by atoms with Gasteiger partial charge in [0.25, 0.3) is 0 Å². The van der Waals surface area contributed by atoms with Crippen molar-refractivity contribution in [3.05, 3.63) is 0 Å². The van der Waals surface area contributed by atoms with E-state index in [9.17, 15) is 0 Å². The van der Waals surface area contributed by atoms with Crippen molar-refractivity contribution in [2.45, 2.75) is 76.7 Å². The van der Waals surface area contributed by atoms with Crippen LogP contribution in [0, 0.1) is 5.92 Å². The van der Waals surface area contributed by atoms with Crippen molar-refractivity contribution in [2.75, 3.05) is 20.7 Å². The molecule has 0 bridgehead atoms. The molecule has 1 aliphatic heterocycles. The summed E-state index contributed by atoms with van der Waals surface area (Å²) < 4.78 is 0. The lowest BCUT2D eigenvalue weighted by Crippen LogP contribution is -2.41. The molecule has 0 amide bonds. The van der Waals surface area contributed by atoms with Gasteiger partial charge in [-0.3, -0.25) is 0 Å². The van der Waals surface area contributed by atoms with Crippen LogP contribution in [0.5, 0.6) is 0 Å². The average Bonchev–Trinajstić information content (AvgIpc) is 2.39. The molecular formula is C17H32N2O. The number of rotatable bonds is 2. The lowest BCUT2D eigenvalue weighted by Gasteiger charge is -2.37. The number of likely N-dealkylation sites (tertiary alicyclic amines) is 1. The Morgan fingerprint density at radius 3 is 2.40 bits per heavy atom. The Kier molecular flexibility index (Phi) is 6.85. The zero-order chi connectivity index (χ0) is 14.2. The second-order valence-electron chi connectivity index (χ2n) is 6.65. The second-order valence-corrected chi connectivity index (χ2v) is 6.65. The molecule has 0 aromatic carbocycles. The van der Waals surface area contributed by atoms with Crippen molar-refractivity contribution < 1.29 is 4.84 Å². The van der Waals surface area contributed by atoms with Gasteiger partial charge in [0.05, 0.1) is 5.71 Å². The fraction of sp³-hybridized carbons (Fsp3) is 0.941. The SMILES string of the molecule is CON=C1CCCCN(C)C(C2CCCCCCC2)C1. The van der Waals surface area contributed by atoms with E-state index >= 15 is 0 Å². The molecule has 1 heterocycles. The Balaban J connectivity index is 2.03. The average molecular weight is 280 g/mol. The van der Waals surface area contributed by atoms with E-state index in [4.69, 9.17) is 4.84 Å². The second kappa shape index (κ2) is 8.66. The summed E-state index contributed by atoms with van der Waals surface area (Å²) in [6, 6.07) is 0.683. The molecule has 2 rings (SSSR count). The molecule has 1 atom stereocenters. The van der Waals surface area contributed by atoms with E-state index in [2.05, 4.69) is 17.1 Å². The molecule has 3 nitrogen and oxygen atoms in total. The van der Waals surface area contributed by atoms with Crippen LogP contribution in [-0.4, -0.2) is 37.4 Å². The van der Waals surface area contributed by atoms with Gasteiger partial charge in [0, 0.05) is 12.5 Å². The summed E-state index contributed by atoms with van der Waals surface area (Å²) in [5.41, 5.74) is 1.28. The van der Waals surface area contributed by atoms with Crippen LogP contribution in [0.2, 0.25) is 0 Å². The first-order valence-corrected chi connectivity index (χ1v) is 8.60. The fourth-order valence-electron chi connectivity index (χ4n) is 3.97. The smallest absolute Gasteiger partial charge is 0.106 e. The number of oxime groups is 1. The number of hydrogen-bond donors (Lipinski definition) is 0. The predicted octanol–water partition coefficient (Wildman–Crippen LogP) is 4.22.